The van der Waals surface area contributed by atoms with Gasteiger partial charge in [-0.1, -0.05) is 23.9 Å². The number of benzene rings is 2. The van der Waals surface area contributed by atoms with Gasteiger partial charge in [-0.3, -0.25) is 0 Å². The van der Waals surface area contributed by atoms with E-state index in [1.807, 2.05) is 31.2 Å². The molecular weight excluding hydrogens is 313 g/mol. The van der Waals surface area contributed by atoms with Crippen LogP contribution in [0.2, 0.25) is 0 Å². The lowest BCUT2D eigenvalue weighted by Crippen LogP contribution is -2.06. The van der Waals surface area contributed by atoms with Crippen LogP contribution >= 0.6 is 27.7 Å². The lowest BCUT2D eigenvalue weighted by Gasteiger charge is -2.13. The van der Waals surface area contributed by atoms with E-state index in [1.165, 1.54) is 12.1 Å². The van der Waals surface area contributed by atoms with Crippen LogP contribution in [0, 0.1) is 5.82 Å². The third-order valence-corrected chi connectivity index (χ3v) is 4.64. The van der Waals surface area contributed by atoms with Crippen LogP contribution in [0.5, 0.6) is 0 Å². The second-order valence-corrected chi connectivity index (χ2v) is 5.94. The van der Waals surface area contributed by atoms with E-state index < -0.39 is 0 Å². The van der Waals surface area contributed by atoms with Crippen molar-refractivity contribution in [1.29, 1.82) is 0 Å². The molecule has 2 aromatic rings. The molecule has 2 aromatic carbocycles. The summed E-state index contributed by atoms with van der Waals surface area (Å²) in [6, 6.07) is 12.5. The largest absolute Gasteiger partial charge is 0.324 e. The van der Waals surface area contributed by atoms with E-state index in [4.69, 9.17) is 5.73 Å². The van der Waals surface area contributed by atoms with E-state index in [9.17, 15) is 4.39 Å². The summed E-state index contributed by atoms with van der Waals surface area (Å²) in [5.74, 6) is -0.251. The number of rotatable bonds is 3. The molecule has 2 N–H and O–H groups in total. The average Bonchev–Trinajstić information content (AvgIpc) is 2.34. The highest BCUT2D eigenvalue weighted by molar-refractivity contribution is 9.10. The van der Waals surface area contributed by atoms with Crippen molar-refractivity contribution in [3.05, 3.63) is 58.3 Å². The van der Waals surface area contributed by atoms with Gasteiger partial charge in [-0.25, -0.2) is 4.39 Å². The minimum Gasteiger partial charge on any atom is -0.324 e. The Morgan fingerprint density at radius 3 is 2.56 bits per heavy atom. The summed E-state index contributed by atoms with van der Waals surface area (Å²) in [6.45, 7) is 1.86. The molecule has 2 rings (SSSR count). The fraction of sp³-hybridized carbons (Fsp3) is 0.143. The summed E-state index contributed by atoms with van der Waals surface area (Å²) in [4.78, 5) is 2.07. The average molecular weight is 326 g/mol. The lowest BCUT2D eigenvalue weighted by molar-refractivity contribution is 0.619. The Bertz CT molecular complexity index is 557. The first-order valence-electron chi connectivity index (χ1n) is 5.55. The van der Waals surface area contributed by atoms with E-state index in [2.05, 4.69) is 15.9 Å². The van der Waals surface area contributed by atoms with Crippen molar-refractivity contribution in [2.75, 3.05) is 0 Å². The van der Waals surface area contributed by atoms with Gasteiger partial charge >= 0.3 is 0 Å². The van der Waals surface area contributed by atoms with Crippen molar-refractivity contribution < 1.29 is 4.39 Å². The molecule has 18 heavy (non-hydrogen) atoms. The van der Waals surface area contributed by atoms with Gasteiger partial charge in [-0.15, -0.1) is 0 Å². The van der Waals surface area contributed by atoms with Gasteiger partial charge in [0, 0.05) is 20.3 Å². The highest BCUT2D eigenvalue weighted by Gasteiger charge is 2.10. The molecule has 0 saturated carbocycles. The normalized spacial score (nSPS) is 12.4. The van der Waals surface area contributed by atoms with Gasteiger partial charge in [-0.05, 0) is 58.7 Å². The van der Waals surface area contributed by atoms with Crippen LogP contribution in [0.25, 0.3) is 0 Å². The van der Waals surface area contributed by atoms with Crippen LogP contribution in [0.1, 0.15) is 18.5 Å². The molecule has 1 nitrogen and oxygen atoms in total. The van der Waals surface area contributed by atoms with Crippen molar-refractivity contribution >= 4 is 27.7 Å². The summed E-state index contributed by atoms with van der Waals surface area (Å²) >= 11 is 5.09. The first-order valence-corrected chi connectivity index (χ1v) is 7.16. The SMILES string of the molecule is C[C@@H](N)c1cc(F)ccc1Sc1ccccc1Br. The van der Waals surface area contributed by atoms with E-state index in [1.54, 1.807) is 17.8 Å². The minimum atomic E-state index is -0.251. The maximum absolute atomic E-state index is 13.3. The van der Waals surface area contributed by atoms with Crippen LogP contribution in [0.4, 0.5) is 4.39 Å². The summed E-state index contributed by atoms with van der Waals surface area (Å²) in [7, 11) is 0. The van der Waals surface area contributed by atoms with Crippen LogP contribution in [0.3, 0.4) is 0 Å². The highest BCUT2D eigenvalue weighted by atomic mass is 79.9. The molecule has 4 heteroatoms. The number of nitrogens with two attached hydrogens (primary N) is 1. The van der Waals surface area contributed by atoms with Gasteiger partial charge < -0.3 is 5.73 Å². The van der Waals surface area contributed by atoms with Crippen molar-refractivity contribution in [3.8, 4) is 0 Å². The number of hydrogen-bond donors (Lipinski definition) is 1. The van der Waals surface area contributed by atoms with Crippen molar-refractivity contribution in [1.82, 2.24) is 0 Å². The second-order valence-electron chi connectivity index (χ2n) is 4.00. The molecule has 0 amide bonds. The monoisotopic (exact) mass is 325 g/mol. The molecule has 0 fully saturated rings. The molecule has 0 bridgehead atoms. The number of halogens is 2. The standard InChI is InChI=1S/C14H13BrFNS/c1-9(17)11-8-10(16)6-7-13(11)18-14-5-3-2-4-12(14)15/h2-9H,17H2,1H3/t9-/m1/s1. The lowest BCUT2D eigenvalue weighted by atomic mass is 10.1. The van der Waals surface area contributed by atoms with Gasteiger partial charge in [0.15, 0.2) is 0 Å². The Morgan fingerprint density at radius 2 is 1.89 bits per heavy atom. The Kier molecular flexibility index (Phi) is 4.43. The Balaban J connectivity index is 2.37. The van der Waals surface area contributed by atoms with Crippen molar-refractivity contribution in [2.45, 2.75) is 22.8 Å². The van der Waals surface area contributed by atoms with Crippen LogP contribution in [0.15, 0.2) is 56.7 Å². The predicted octanol–water partition coefficient (Wildman–Crippen LogP) is 4.76. The molecule has 0 unspecified atom stereocenters. The molecule has 0 aromatic heterocycles. The summed E-state index contributed by atoms with van der Waals surface area (Å²) < 4.78 is 14.3. The predicted molar refractivity (Wildman–Crippen MR) is 77.3 cm³/mol. The van der Waals surface area contributed by atoms with Gasteiger partial charge in [-0.2, -0.15) is 0 Å². The minimum absolute atomic E-state index is 0.189. The second kappa shape index (κ2) is 5.87. The molecule has 0 heterocycles. The van der Waals surface area contributed by atoms with Gasteiger partial charge in [0.25, 0.3) is 0 Å². The highest BCUT2D eigenvalue weighted by Crippen LogP contribution is 2.36. The maximum atomic E-state index is 13.3. The van der Waals surface area contributed by atoms with E-state index in [-0.39, 0.29) is 11.9 Å². The van der Waals surface area contributed by atoms with Gasteiger partial charge in [0.2, 0.25) is 0 Å². The van der Waals surface area contributed by atoms with Crippen molar-refractivity contribution in [3.63, 3.8) is 0 Å². The maximum Gasteiger partial charge on any atom is 0.123 e. The molecule has 0 aliphatic heterocycles. The summed E-state index contributed by atoms with van der Waals surface area (Å²) in [5.41, 5.74) is 6.71. The molecular formula is C14H13BrFNS. The third-order valence-electron chi connectivity index (χ3n) is 2.52. The quantitative estimate of drug-likeness (QED) is 0.880. The molecule has 0 saturated heterocycles. The molecule has 0 spiro atoms. The molecule has 0 radical (unpaired) electrons. The molecule has 0 aliphatic rings. The third kappa shape index (κ3) is 3.13. The smallest absolute Gasteiger partial charge is 0.123 e. The van der Waals surface area contributed by atoms with E-state index >= 15 is 0 Å². The van der Waals surface area contributed by atoms with Crippen LogP contribution in [-0.2, 0) is 0 Å². The zero-order valence-corrected chi connectivity index (χ0v) is 12.3. The fourth-order valence-corrected chi connectivity index (χ4v) is 3.19. The summed E-state index contributed by atoms with van der Waals surface area (Å²) in [5, 5.41) is 0. The Labute approximate surface area is 119 Å². The zero-order chi connectivity index (χ0) is 13.1. The van der Waals surface area contributed by atoms with Crippen molar-refractivity contribution in [2.24, 2.45) is 5.73 Å². The van der Waals surface area contributed by atoms with Crippen LogP contribution in [-0.4, -0.2) is 0 Å². The molecule has 94 valence electrons. The van der Waals surface area contributed by atoms with E-state index in [0.717, 1.165) is 19.8 Å². The molecule has 1 atom stereocenters. The topological polar surface area (TPSA) is 26.0 Å². The van der Waals surface area contributed by atoms with Gasteiger partial charge in [0.1, 0.15) is 5.82 Å². The van der Waals surface area contributed by atoms with Gasteiger partial charge in [0.05, 0.1) is 0 Å². The van der Waals surface area contributed by atoms with E-state index in [0.29, 0.717) is 0 Å². The first kappa shape index (κ1) is 13.6. The summed E-state index contributed by atoms with van der Waals surface area (Å²) in [6.07, 6.45) is 0. The molecule has 0 aliphatic carbocycles. The Morgan fingerprint density at radius 1 is 1.17 bits per heavy atom. The zero-order valence-electron chi connectivity index (χ0n) is 9.86. The first-order chi connectivity index (χ1) is 8.58. The number of hydrogen-bond acceptors (Lipinski definition) is 2. The van der Waals surface area contributed by atoms with Crippen LogP contribution < -0.4 is 5.73 Å². The Hall–Kier alpha value is -0.840. The fourth-order valence-electron chi connectivity index (χ4n) is 1.61.